The predicted molar refractivity (Wildman–Crippen MR) is 86.2 cm³/mol. The molecule has 0 aliphatic rings. The summed E-state index contributed by atoms with van der Waals surface area (Å²) in [4.78, 5) is 4.46. The van der Waals surface area contributed by atoms with Crippen LogP contribution >= 0.6 is 11.3 Å². The first-order valence-electron chi connectivity index (χ1n) is 6.98. The summed E-state index contributed by atoms with van der Waals surface area (Å²) in [5.41, 5.74) is 2.51. The third-order valence-corrected chi connectivity index (χ3v) is 4.45. The fourth-order valence-electron chi connectivity index (χ4n) is 2.56. The second-order valence-corrected chi connectivity index (χ2v) is 5.74. The largest absolute Gasteiger partial charge is 0.310 e. The molecule has 0 amide bonds. The topological polar surface area (TPSA) is 24.9 Å². The van der Waals surface area contributed by atoms with Crippen LogP contribution in [0.2, 0.25) is 0 Å². The van der Waals surface area contributed by atoms with Crippen LogP contribution in [0.4, 0.5) is 0 Å². The van der Waals surface area contributed by atoms with Gasteiger partial charge in [0.1, 0.15) is 0 Å². The minimum atomic E-state index is 0.317. The van der Waals surface area contributed by atoms with Crippen LogP contribution in [0.5, 0.6) is 0 Å². The van der Waals surface area contributed by atoms with Gasteiger partial charge in [-0.15, -0.1) is 11.3 Å². The van der Waals surface area contributed by atoms with Gasteiger partial charge in [-0.25, -0.2) is 0 Å². The first kappa shape index (κ1) is 13.3. The van der Waals surface area contributed by atoms with Gasteiger partial charge in [0, 0.05) is 29.1 Å². The Kier molecular flexibility index (Phi) is 4.09. The zero-order valence-electron chi connectivity index (χ0n) is 11.5. The molecule has 3 aromatic rings. The minimum Gasteiger partial charge on any atom is -0.310 e. The number of thiophene rings is 1. The van der Waals surface area contributed by atoms with Crippen molar-refractivity contribution in [2.24, 2.45) is 0 Å². The van der Waals surface area contributed by atoms with Gasteiger partial charge in [0.2, 0.25) is 0 Å². The molecule has 0 spiro atoms. The molecular weight excluding hydrogens is 264 g/mol. The highest BCUT2D eigenvalue weighted by atomic mass is 32.1. The van der Waals surface area contributed by atoms with Gasteiger partial charge in [-0.3, -0.25) is 4.98 Å². The van der Waals surface area contributed by atoms with Gasteiger partial charge >= 0.3 is 0 Å². The van der Waals surface area contributed by atoms with E-state index in [1.54, 1.807) is 0 Å². The van der Waals surface area contributed by atoms with E-state index in [-0.39, 0.29) is 0 Å². The first-order valence-corrected chi connectivity index (χ1v) is 7.86. The average molecular weight is 282 g/mol. The number of aromatic nitrogens is 1. The van der Waals surface area contributed by atoms with Gasteiger partial charge in [0.15, 0.2) is 0 Å². The van der Waals surface area contributed by atoms with Crippen LogP contribution in [0.1, 0.15) is 24.2 Å². The van der Waals surface area contributed by atoms with Crippen molar-refractivity contribution < 1.29 is 0 Å². The van der Waals surface area contributed by atoms with Crippen LogP contribution in [-0.4, -0.2) is 11.5 Å². The quantitative estimate of drug-likeness (QED) is 0.759. The number of benzene rings is 1. The molecule has 0 saturated heterocycles. The highest BCUT2D eigenvalue weighted by Crippen LogP contribution is 2.30. The molecule has 2 aromatic heterocycles. The van der Waals surface area contributed by atoms with E-state index in [1.165, 1.54) is 15.6 Å². The number of likely N-dealkylation sites (N-methyl/N-ethyl adjacent to an activating group) is 1. The average Bonchev–Trinajstić information content (AvgIpc) is 2.96. The molecule has 0 aliphatic heterocycles. The zero-order chi connectivity index (χ0) is 13.8. The van der Waals surface area contributed by atoms with Crippen molar-refractivity contribution in [1.29, 1.82) is 0 Å². The SMILES string of the molecule is CCNC(Cc1ccccn1)c1cccc2ccsc12. The maximum absolute atomic E-state index is 4.46. The van der Waals surface area contributed by atoms with Gasteiger partial charge in [0.05, 0.1) is 0 Å². The third kappa shape index (κ3) is 2.74. The third-order valence-electron chi connectivity index (χ3n) is 3.47. The molecule has 0 aliphatic carbocycles. The summed E-state index contributed by atoms with van der Waals surface area (Å²) in [5.74, 6) is 0. The number of fused-ring (bicyclic) bond motifs is 1. The predicted octanol–water partition coefficient (Wildman–Crippen LogP) is 4.19. The summed E-state index contributed by atoms with van der Waals surface area (Å²) < 4.78 is 1.38. The molecule has 0 bridgehead atoms. The van der Waals surface area contributed by atoms with Crippen molar-refractivity contribution in [2.45, 2.75) is 19.4 Å². The summed E-state index contributed by atoms with van der Waals surface area (Å²) in [5, 5.41) is 7.09. The first-order chi connectivity index (χ1) is 9.88. The lowest BCUT2D eigenvalue weighted by Gasteiger charge is -2.19. The van der Waals surface area contributed by atoms with Crippen molar-refractivity contribution >= 4 is 21.4 Å². The minimum absolute atomic E-state index is 0.317. The molecule has 1 atom stereocenters. The van der Waals surface area contributed by atoms with Crippen LogP contribution in [0.15, 0.2) is 54.0 Å². The molecule has 1 unspecified atom stereocenters. The summed E-state index contributed by atoms with van der Waals surface area (Å²) in [6.07, 6.45) is 2.79. The second-order valence-electron chi connectivity index (χ2n) is 4.82. The van der Waals surface area contributed by atoms with Crippen molar-refractivity contribution in [3.8, 4) is 0 Å². The van der Waals surface area contributed by atoms with Gasteiger partial charge in [-0.2, -0.15) is 0 Å². The Morgan fingerprint density at radius 3 is 2.90 bits per heavy atom. The molecule has 3 rings (SSSR count). The maximum Gasteiger partial charge on any atom is 0.0422 e. The summed E-state index contributed by atoms with van der Waals surface area (Å²) >= 11 is 1.82. The summed E-state index contributed by atoms with van der Waals surface area (Å²) in [6.45, 7) is 3.11. The number of nitrogens with zero attached hydrogens (tertiary/aromatic N) is 1. The highest BCUT2D eigenvalue weighted by molar-refractivity contribution is 7.17. The number of nitrogens with one attached hydrogen (secondary N) is 1. The molecule has 0 saturated carbocycles. The molecule has 0 radical (unpaired) electrons. The maximum atomic E-state index is 4.46. The van der Waals surface area contributed by atoms with Crippen LogP contribution in [0.25, 0.3) is 10.1 Å². The lowest BCUT2D eigenvalue weighted by Crippen LogP contribution is -2.23. The van der Waals surface area contributed by atoms with E-state index in [1.807, 2.05) is 23.6 Å². The van der Waals surface area contributed by atoms with Gasteiger partial charge in [-0.1, -0.05) is 31.2 Å². The summed E-state index contributed by atoms with van der Waals surface area (Å²) in [6, 6.07) is 15.2. The summed E-state index contributed by atoms with van der Waals surface area (Å²) in [7, 11) is 0. The Hall–Kier alpha value is -1.71. The standard InChI is InChI=1S/C17H18N2S/c1-2-18-16(12-14-7-3-4-10-19-14)15-8-5-6-13-9-11-20-17(13)15/h3-11,16,18H,2,12H2,1H3. The van der Waals surface area contributed by atoms with E-state index in [2.05, 4.69) is 59.0 Å². The molecule has 20 heavy (non-hydrogen) atoms. The van der Waals surface area contributed by atoms with E-state index in [9.17, 15) is 0 Å². The monoisotopic (exact) mass is 282 g/mol. The lowest BCUT2D eigenvalue weighted by molar-refractivity contribution is 0.548. The Morgan fingerprint density at radius 1 is 1.15 bits per heavy atom. The second kappa shape index (κ2) is 6.16. The van der Waals surface area contributed by atoms with E-state index < -0.39 is 0 Å². The van der Waals surface area contributed by atoms with E-state index in [0.717, 1.165) is 18.7 Å². The van der Waals surface area contributed by atoms with Crippen LogP contribution in [0.3, 0.4) is 0 Å². The van der Waals surface area contributed by atoms with E-state index in [0.29, 0.717) is 6.04 Å². The smallest absolute Gasteiger partial charge is 0.0422 e. The number of pyridine rings is 1. The van der Waals surface area contributed by atoms with Crippen molar-refractivity contribution in [2.75, 3.05) is 6.54 Å². The molecule has 3 heteroatoms. The molecule has 102 valence electrons. The van der Waals surface area contributed by atoms with Crippen molar-refractivity contribution in [1.82, 2.24) is 10.3 Å². The Balaban J connectivity index is 1.96. The highest BCUT2D eigenvalue weighted by Gasteiger charge is 2.15. The van der Waals surface area contributed by atoms with E-state index >= 15 is 0 Å². The fourth-order valence-corrected chi connectivity index (χ4v) is 3.53. The van der Waals surface area contributed by atoms with Gasteiger partial charge in [-0.05, 0) is 41.1 Å². The molecule has 0 fully saturated rings. The van der Waals surface area contributed by atoms with Crippen LogP contribution in [-0.2, 0) is 6.42 Å². The van der Waals surface area contributed by atoms with Gasteiger partial charge in [0.25, 0.3) is 0 Å². The van der Waals surface area contributed by atoms with E-state index in [4.69, 9.17) is 0 Å². The number of hydrogen-bond acceptors (Lipinski definition) is 3. The van der Waals surface area contributed by atoms with Crippen LogP contribution in [0, 0.1) is 0 Å². The zero-order valence-corrected chi connectivity index (χ0v) is 12.4. The fraction of sp³-hybridized carbons (Fsp3) is 0.235. The molecule has 2 nitrogen and oxygen atoms in total. The normalized spacial score (nSPS) is 12.7. The Morgan fingerprint density at radius 2 is 2.10 bits per heavy atom. The molecule has 1 aromatic carbocycles. The number of hydrogen-bond donors (Lipinski definition) is 1. The lowest BCUT2D eigenvalue weighted by atomic mass is 10.0. The molecule has 2 heterocycles. The Bertz CT molecular complexity index is 676. The van der Waals surface area contributed by atoms with Gasteiger partial charge < -0.3 is 5.32 Å². The van der Waals surface area contributed by atoms with Crippen molar-refractivity contribution in [3.05, 3.63) is 65.3 Å². The molecule has 1 N–H and O–H groups in total. The molecular formula is C17H18N2S. The van der Waals surface area contributed by atoms with Crippen LogP contribution < -0.4 is 5.32 Å². The number of rotatable bonds is 5. The van der Waals surface area contributed by atoms with Crippen molar-refractivity contribution in [3.63, 3.8) is 0 Å². The Labute approximate surface area is 123 Å².